The summed E-state index contributed by atoms with van der Waals surface area (Å²) in [5.41, 5.74) is 1.89. The van der Waals surface area contributed by atoms with Crippen molar-refractivity contribution in [3.05, 3.63) is 94.0 Å². The quantitative estimate of drug-likeness (QED) is 0.239. The molecule has 1 aliphatic rings. The van der Waals surface area contributed by atoms with Gasteiger partial charge in [0.1, 0.15) is 24.9 Å². The molecule has 43 heavy (non-hydrogen) atoms. The van der Waals surface area contributed by atoms with Crippen molar-refractivity contribution in [2.24, 2.45) is 0 Å². The topological polar surface area (TPSA) is 96.0 Å². The number of benzene rings is 3. The van der Waals surface area contributed by atoms with Crippen LogP contribution in [0.15, 0.2) is 72.8 Å². The molecular formula is C32H37Cl2N3O5S. The van der Waals surface area contributed by atoms with Crippen molar-refractivity contribution in [1.82, 2.24) is 10.2 Å². The first kappa shape index (κ1) is 32.6. The van der Waals surface area contributed by atoms with Gasteiger partial charge in [-0.3, -0.25) is 13.9 Å². The summed E-state index contributed by atoms with van der Waals surface area (Å²) in [7, 11) is -3.87. The molecule has 0 spiro atoms. The lowest BCUT2D eigenvalue weighted by atomic mass is 10.1. The van der Waals surface area contributed by atoms with E-state index < -0.39 is 28.5 Å². The molecule has 0 aliphatic heterocycles. The van der Waals surface area contributed by atoms with Gasteiger partial charge in [0, 0.05) is 22.6 Å². The van der Waals surface area contributed by atoms with Crippen molar-refractivity contribution in [1.29, 1.82) is 0 Å². The number of carbonyl (C=O) groups excluding carboxylic acids is 2. The smallest absolute Gasteiger partial charge is 0.244 e. The van der Waals surface area contributed by atoms with Crippen LogP contribution in [-0.2, 0) is 32.8 Å². The number of hydrogen-bond donors (Lipinski definition) is 1. The van der Waals surface area contributed by atoms with Crippen molar-refractivity contribution in [2.75, 3.05) is 17.1 Å². The van der Waals surface area contributed by atoms with Crippen LogP contribution in [0.5, 0.6) is 5.75 Å². The molecule has 3 aromatic carbocycles. The van der Waals surface area contributed by atoms with Crippen molar-refractivity contribution < 1.29 is 22.7 Å². The fourth-order valence-corrected chi connectivity index (χ4v) is 6.50. The Morgan fingerprint density at radius 2 is 1.67 bits per heavy atom. The number of carbonyl (C=O) groups is 2. The fourth-order valence-electron chi connectivity index (χ4n) is 5.18. The Hall–Kier alpha value is -3.27. The van der Waals surface area contributed by atoms with Crippen LogP contribution >= 0.6 is 23.2 Å². The predicted molar refractivity (Wildman–Crippen MR) is 171 cm³/mol. The summed E-state index contributed by atoms with van der Waals surface area (Å²) in [4.78, 5) is 28.8. The van der Waals surface area contributed by atoms with Crippen LogP contribution in [0.25, 0.3) is 0 Å². The Kier molecular flexibility index (Phi) is 11.3. The summed E-state index contributed by atoms with van der Waals surface area (Å²) >= 11 is 12.5. The average molecular weight is 647 g/mol. The first-order valence-electron chi connectivity index (χ1n) is 14.3. The second-order valence-corrected chi connectivity index (χ2v) is 13.5. The average Bonchev–Trinajstić information content (AvgIpc) is 3.49. The fraction of sp³-hybridized carbons (Fsp3) is 0.375. The van der Waals surface area contributed by atoms with Gasteiger partial charge in [-0.25, -0.2) is 8.42 Å². The second-order valence-electron chi connectivity index (χ2n) is 10.7. The largest absolute Gasteiger partial charge is 0.489 e. The van der Waals surface area contributed by atoms with E-state index in [9.17, 15) is 18.0 Å². The number of sulfonamides is 1. The van der Waals surface area contributed by atoms with E-state index in [0.717, 1.165) is 41.8 Å². The normalized spacial score (nSPS) is 14.2. The number of nitrogens with zero attached hydrogens (tertiary/aromatic N) is 2. The van der Waals surface area contributed by atoms with E-state index in [0.29, 0.717) is 40.1 Å². The highest BCUT2D eigenvalue weighted by Crippen LogP contribution is 2.26. The minimum atomic E-state index is -3.87. The minimum Gasteiger partial charge on any atom is -0.489 e. The van der Waals surface area contributed by atoms with Gasteiger partial charge < -0.3 is 15.0 Å². The summed E-state index contributed by atoms with van der Waals surface area (Å²) in [6.07, 6.45) is 5.26. The molecule has 0 aromatic heterocycles. The Labute approximate surface area is 264 Å². The zero-order valence-electron chi connectivity index (χ0n) is 24.3. The van der Waals surface area contributed by atoms with Gasteiger partial charge in [0.2, 0.25) is 21.8 Å². The molecule has 0 saturated heterocycles. The van der Waals surface area contributed by atoms with Gasteiger partial charge in [-0.2, -0.15) is 0 Å². The molecule has 11 heteroatoms. The highest BCUT2D eigenvalue weighted by Gasteiger charge is 2.33. The zero-order valence-corrected chi connectivity index (χ0v) is 26.7. The number of ether oxygens (including phenoxy) is 1. The van der Waals surface area contributed by atoms with E-state index >= 15 is 0 Å². The molecular weight excluding hydrogens is 609 g/mol. The molecule has 0 bridgehead atoms. The maximum absolute atomic E-state index is 14.0. The third-order valence-corrected chi connectivity index (χ3v) is 9.22. The SMILES string of the molecule is CC[C@@H](C(=O)NC1CCCC1)N(Cc1ccc(Cl)cc1Cl)C(=O)CN(c1ccc(OCc2ccccc2)cc1)S(C)(=O)=O. The molecule has 8 nitrogen and oxygen atoms in total. The minimum absolute atomic E-state index is 0.00922. The molecule has 1 N–H and O–H groups in total. The van der Waals surface area contributed by atoms with Gasteiger partial charge in [0.15, 0.2) is 0 Å². The van der Waals surface area contributed by atoms with Gasteiger partial charge in [-0.1, -0.05) is 79.4 Å². The van der Waals surface area contributed by atoms with Crippen LogP contribution in [0.3, 0.4) is 0 Å². The summed E-state index contributed by atoms with van der Waals surface area (Å²) < 4.78 is 32.8. The molecule has 1 atom stereocenters. The molecule has 1 saturated carbocycles. The first-order chi connectivity index (χ1) is 20.5. The number of nitrogens with one attached hydrogen (secondary N) is 1. The van der Waals surface area contributed by atoms with Crippen LogP contribution in [0.1, 0.15) is 50.2 Å². The van der Waals surface area contributed by atoms with Crippen LogP contribution in [-0.4, -0.2) is 50.0 Å². The number of halogens is 2. The Bertz CT molecular complexity index is 1500. The van der Waals surface area contributed by atoms with E-state index in [1.165, 1.54) is 4.90 Å². The monoisotopic (exact) mass is 645 g/mol. The Morgan fingerprint density at radius 3 is 2.28 bits per heavy atom. The predicted octanol–water partition coefficient (Wildman–Crippen LogP) is 6.20. The van der Waals surface area contributed by atoms with Crippen molar-refractivity contribution in [3.63, 3.8) is 0 Å². The summed E-state index contributed by atoms with van der Waals surface area (Å²) in [6, 6.07) is 20.4. The highest BCUT2D eigenvalue weighted by molar-refractivity contribution is 7.92. The third kappa shape index (κ3) is 9.11. The zero-order chi connectivity index (χ0) is 31.0. The standard InChI is InChI=1S/C32H37Cl2N3O5S/c1-3-30(32(39)35-26-11-7-8-12-26)36(20-24-13-14-25(33)19-29(24)34)31(38)21-37(43(2,40)41)27-15-17-28(18-16-27)42-22-23-9-5-4-6-10-23/h4-6,9-10,13-19,26,30H,3,7-8,11-12,20-22H2,1-2H3,(H,35,39)/t30-/m0/s1. The first-order valence-corrected chi connectivity index (χ1v) is 16.9. The van der Waals surface area contributed by atoms with E-state index in [4.69, 9.17) is 27.9 Å². The van der Waals surface area contributed by atoms with Crippen LogP contribution < -0.4 is 14.4 Å². The molecule has 230 valence electrons. The lowest BCUT2D eigenvalue weighted by molar-refractivity contribution is -0.140. The van der Waals surface area contributed by atoms with Crippen molar-refractivity contribution in [2.45, 2.75) is 64.3 Å². The highest BCUT2D eigenvalue weighted by atomic mass is 35.5. The Morgan fingerprint density at radius 1 is 1.00 bits per heavy atom. The summed E-state index contributed by atoms with van der Waals surface area (Å²) in [5, 5.41) is 3.88. The van der Waals surface area contributed by atoms with Gasteiger partial charge in [-0.15, -0.1) is 0 Å². The second kappa shape index (κ2) is 14.9. The van der Waals surface area contributed by atoms with Crippen LogP contribution in [0.2, 0.25) is 10.0 Å². The van der Waals surface area contributed by atoms with Crippen molar-refractivity contribution >= 4 is 50.7 Å². The van der Waals surface area contributed by atoms with Gasteiger partial charge in [0.05, 0.1) is 11.9 Å². The van der Waals surface area contributed by atoms with E-state index in [1.807, 2.05) is 37.3 Å². The maximum atomic E-state index is 14.0. The van der Waals surface area contributed by atoms with Crippen molar-refractivity contribution in [3.8, 4) is 5.75 Å². The molecule has 3 aromatic rings. The van der Waals surface area contributed by atoms with E-state index in [2.05, 4.69) is 5.32 Å². The molecule has 1 fully saturated rings. The molecule has 4 rings (SSSR count). The summed E-state index contributed by atoms with van der Waals surface area (Å²) in [5.74, 6) is -0.242. The lowest BCUT2D eigenvalue weighted by Gasteiger charge is -2.33. The number of amides is 2. The molecule has 0 unspecified atom stereocenters. The summed E-state index contributed by atoms with van der Waals surface area (Å²) in [6.45, 7) is 1.69. The van der Waals surface area contributed by atoms with Crippen LogP contribution in [0, 0.1) is 0 Å². The van der Waals surface area contributed by atoms with Crippen LogP contribution in [0.4, 0.5) is 5.69 Å². The molecule has 0 heterocycles. The Balaban J connectivity index is 1.57. The van der Waals surface area contributed by atoms with Gasteiger partial charge in [-0.05, 0) is 66.8 Å². The molecule has 0 radical (unpaired) electrons. The van der Waals surface area contributed by atoms with E-state index in [1.54, 1.807) is 42.5 Å². The molecule has 1 aliphatic carbocycles. The van der Waals surface area contributed by atoms with Gasteiger partial charge >= 0.3 is 0 Å². The lowest BCUT2D eigenvalue weighted by Crippen LogP contribution is -2.53. The molecule has 2 amide bonds. The third-order valence-electron chi connectivity index (χ3n) is 7.50. The number of rotatable bonds is 13. The van der Waals surface area contributed by atoms with E-state index in [-0.39, 0.29) is 18.5 Å². The number of hydrogen-bond acceptors (Lipinski definition) is 5. The van der Waals surface area contributed by atoms with Gasteiger partial charge in [0.25, 0.3) is 0 Å². The number of anilines is 1. The maximum Gasteiger partial charge on any atom is 0.244 e.